The number of piperazine rings is 1. The van der Waals surface area contributed by atoms with E-state index in [9.17, 15) is 4.79 Å². The van der Waals surface area contributed by atoms with Crippen LogP contribution in [0.25, 0.3) is 0 Å². The average Bonchev–Trinajstić information content (AvgIpc) is 2.92. The zero-order valence-electron chi connectivity index (χ0n) is 14.1. The summed E-state index contributed by atoms with van der Waals surface area (Å²) in [5.74, 6) is 1.56. The molecule has 0 spiro atoms. The lowest BCUT2D eigenvalue weighted by molar-refractivity contribution is -0.137. The number of nitrogens with zero attached hydrogens (tertiary/aromatic N) is 4. The van der Waals surface area contributed by atoms with Gasteiger partial charge in [-0.15, -0.1) is 24.8 Å². The molecule has 134 valence electrons. The molecule has 7 nitrogen and oxygen atoms in total. The van der Waals surface area contributed by atoms with Crippen LogP contribution >= 0.6 is 24.8 Å². The molecule has 2 atom stereocenters. The Hall–Kier alpha value is -0.890. The minimum absolute atomic E-state index is 0. The molecule has 2 unspecified atom stereocenters. The lowest BCUT2D eigenvalue weighted by atomic mass is 10.1. The van der Waals surface area contributed by atoms with Crippen LogP contribution in [0, 0.1) is 12.8 Å². The second-order valence-electron chi connectivity index (χ2n) is 5.68. The summed E-state index contributed by atoms with van der Waals surface area (Å²) < 4.78 is 5.23. The van der Waals surface area contributed by atoms with Crippen molar-refractivity contribution in [3.8, 4) is 0 Å². The highest BCUT2D eigenvalue weighted by atomic mass is 35.5. The van der Waals surface area contributed by atoms with Crippen molar-refractivity contribution in [1.29, 1.82) is 0 Å². The fourth-order valence-electron chi connectivity index (χ4n) is 2.67. The van der Waals surface area contributed by atoms with E-state index in [-0.39, 0.29) is 42.7 Å². The Labute approximate surface area is 150 Å². The highest BCUT2D eigenvalue weighted by Crippen LogP contribution is 2.20. The summed E-state index contributed by atoms with van der Waals surface area (Å²) in [4.78, 5) is 20.8. The second kappa shape index (κ2) is 10.1. The number of halogens is 2. The van der Waals surface area contributed by atoms with E-state index in [4.69, 9.17) is 4.52 Å². The van der Waals surface area contributed by atoms with Crippen LogP contribution in [0.15, 0.2) is 4.52 Å². The van der Waals surface area contributed by atoms with Crippen LogP contribution in [-0.2, 0) is 4.79 Å². The van der Waals surface area contributed by atoms with Crippen molar-refractivity contribution < 1.29 is 9.32 Å². The van der Waals surface area contributed by atoms with Gasteiger partial charge >= 0.3 is 0 Å². The highest BCUT2D eigenvalue weighted by molar-refractivity contribution is 5.85. The SMILES string of the molecule is CNCC(C)C(=O)N1CCN(C(C)c2nc(C)no2)CC1.Cl.Cl. The van der Waals surface area contributed by atoms with Crippen molar-refractivity contribution in [2.45, 2.75) is 26.8 Å². The normalized spacial score (nSPS) is 17.8. The molecule has 1 aromatic rings. The summed E-state index contributed by atoms with van der Waals surface area (Å²) >= 11 is 0. The first-order chi connectivity index (χ1) is 10.0. The number of carbonyl (C=O) groups excluding carboxylic acids is 1. The van der Waals surface area contributed by atoms with Crippen LogP contribution in [-0.4, -0.2) is 65.6 Å². The maximum Gasteiger partial charge on any atom is 0.243 e. The van der Waals surface area contributed by atoms with Gasteiger partial charge in [0, 0.05) is 38.6 Å². The van der Waals surface area contributed by atoms with Gasteiger partial charge in [-0.3, -0.25) is 9.69 Å². The van der Waals surface area contributed by atoms with Gasteiger partial charge in [0.2, 0.25) is 11.8 Å². The molecule has 0 radical (unpaired) electrons. The van der Waals surface area contributed by atoms with Crippen LogP contribution < -0.4 is 5.32 Å². The summed E-state index contributed by atoms with van der Waals surface area (Å²) in [5, 5.41) is 6.89. The van der Waals surface area contributed by atoms with Gasteiger partial charge in [0.25, 0.3) is 0 Å². The minimum Gasteiger partial charge on any atom is -0.340 e. The zero-order valence-corrected chi connectivity index (χ0v) is 15.7. The van der Waals surface area contributed by atoms with E-state index in [1.54, 1.807) is 0 Å². The van der Waals surface area contributed by atoms with E-state index in [0.29, 0.717) is 11.7 Å². The number of amides is 1. The van der Waals surface area contributed by atoms with Crippen molar-refractivity contribution in [2.24, 2.45) is 5.92 Å². The van der Waals surface area contributed by atoms with Crippen LogP contribution in [0.5, 0.6) is 0 Å². The van der Waals surface area contributed by atoms with Crippen molar-refractivity contribution >= 4 is 30.7 Å². The minimum atomic E-state index is 0. The third-order valence-electron chi connectivity index (χ3n) is 4.01. The van der Waals surface area contributed by atoms with Crippen LogP contribution in [0.2, 0.25) is 0 Å². The maximum absolute atomic E-state index is 12.3. The monoisotopic (exact) mass is 367 g/mol. The molecule has 1 N–H and O–H groups in total. The summed E-state index contributed by atoms with van der Waals surface area (Å²) in [6, 6.07) is 0.0955. The standard InChI is InChI=1S/C14H25N5O2.2ClH/c1-10(9-15-4)14(20)19-7-5-18(6-8-19)11(2)13-16-12(3)17-21-13;;/h10-11,15H,5-9H2,1-4H3;2*1H. The number of nitrogens with one attached hydrogen (secondary N) is 1. The van der Waals surface area contributed by atoms with E-state index >= 15 is 0 Å². The first-order valence-electron chi connectivity index (χ1n) is 7.50. The van der Waals surface area contributed by atoms with Crippen molar-refractivity contribution in [1.82, 2.24) is 25.3 Å². The lowest BCUT2D eigenvalue weighted by Crippen LogP contribution is -2.51. The van der Waals surface area contributed by atoms with Crippen molar-refractivity contribution in [2.75, 3.05) is 39.8 Å². The molecule has 1 aromatic heterocycles. The van der Waals surface area contributed by atoms with E-state index in [0.717, 1.165) is 32.7 Å². The predicted molar refractivity (Wildman–Crippen MR) is 93.2 cm³/mol. The number of aryl methyl sites for hydroxylation is 1. The molecular weight excluding hydrogens is 341 g/mol. The number of hydrogen-bond donors (Lipinski definition) is 1. The number of carbonyl (C=O) groups is 1. The lowest BCUT2D eigenvalue weighted by Gasteiger charge is -2.37. The molecule has 23 heavy (non-hydrogen) atoms. The topological polar surface area (TPSA) is 74.5 Å². The molecule has 1 saturated heterocycles. The van der Waals surface area contributed by atoms with Crippen LogP contribution in [0.1, 0.15) is 31.6 Å². The van der Waals surface area contributed by atoms with Gasteiger partial charge in [-0.25, -0.2) is 0 Å². The van der Waals surface area contributed by atoms with Gasteiger partial charge in [-0.05, 0) is 20.9 Å². The van der Waals surface area contributed by atoms with Crippen molar-refractivity contribution in [3.05, 3.63) is 11.7 Å². The van der Waals surface area contributed by atoms with E-state index in [2.05, 4.69) is 27.3 Å². The Morgan fingerprint density at radius 1 is 1.26 bits per heavy atom. The molecule has 0 aliphatic carbocycles. The molecule has 1 amide bonds. The van der Waals surface area contributed by atoms with Gasteiger partial charge in [-0.1, -0.05) is 12.1 Å². The maximum atomic E-state index is 12.3. The number of aromatic nitrogens is 2. The quantitative estimate of drug-likeness (QED) is 0.844. The molecule has 1 aliphatic rings. The first kappa shape index (κ1) is 22.1. The second-order valence-corrected chi connectivity index (χ2v) is 5.68. The molecule has 0 aromatic carbocycles. The number of rotatable bonds is 5. The van der Waals surface area contributed by atoms with Gasteiger partial charge in [0.1, 0.15) is 0 Å². The number of hydrogen-bond acceptors (Lipinski definition) is 6. The fourth-order valence-corrected chi connectivity index (χ4v) is 2.67. The molecule has 1 fully saturated rings. The van der Waals surface area contributed by atoms with Crippen LogP contribution in [0.4, 0.5) is 0 Å². The molecule has 0 saturated carbocycles. The molecule has 0 bridgehead atoms. The largest absolute Gasteiger partial charge is 0.340 e. The van der Waals surface area contributed by atoms with E-state index in [1.165, 1.54) is 0 Å². The Balaban J connectivity index is 0.00000242. The molecule has 2 heterocycles. The Morgan fingerprint density at radius 2 is 1.87 bits per heavy atom. The van der Waals surface area contributed by atoms with Gasteiger partial charge < -0.3 is 14.7 Å². The summed E-state index contributed by atoms with van der Waals surface area (Å²) in [5.41, 5.74) is 0. The van der Waals surface area contributed by atoms with Gasteiger partial charge in [0.05, 0.1) is 6.04 Å². The van der Waals surface area contributed by atoms with E-state index < -0.39 is 0 Å². The van der Waals surface area contributed by atoms with Gasteiger partial charge in [0.15, 0.2) is 5.82 Å². The first-order valence-corrected chi connectivity index (χ1v) is 7.50. The fraction of sp³-hybridized carbons (Fsp3) is 0.786. The zero-order chi connectivity index (χ0) is 15.4. The van der Waals surface area contributed by atoms with Crippen molar-refractivity contribution in [3.63, 3.8) is 0 Å². The third kappa shape index (κ3) is 5.60. The molecule has 9 heteroatoms. The van der Waals surface area contributed by atoms with Crippen LogP contribution in [0.3, 0.4) is 0 Å². The van der Waals surface area contributed by atoms with Gasteiger partial charge in [-0.2, -0.15) is 4.98 Å². The summed E-state index contributed by atoms with van der Waals surface area (Å²) in [6.07, 6.45) is 0. The molecule has 2 rings (SSSR count). The summed E-state index contributed by atoms with van der Waals surface area (Å²) in [6.45, 7) is 9.75. The highest BCUT2D eigenvalue weighted by Gasteiger charge is 2.28. The smallest absolute Gasteiger partial charge is 0.243 e. The third-order valence-corrected chi connectivity index (χ3v) is 4.01. The summed E-state index contributed by atoms with van der Waals surface area (Å²) in [7, 11) is 1.87. The molecule has 1 aliphatic heterocycles. The molecular formula is C14H27Cl2N5O2. The Kier molecular flexibility index (Phi) is 9.68. The van der Waals surface area contributed by atoms with E-state index in [1.807, 2.05) is 25.8 Å². The predicted octanol–water partition coefficient (Wildman–Crippen LogP) is 1.28. The average molecular weight is 368 g/mol. The Morgan fingerprint density at radius 3 is 2.35 bits per heavy atom. The Bertz CT molecular complexity index is 477.